The molecule has 2 heterocycles. The first-order valence-electron chi connectivity index (χ1n) is 11.9. The normalized spacial score (nSPS) is 32.1. The quantitative estimate of drug-likeness (QED) is 0.506. The molecule has 3 aliphatic carbocycles. The molecule has 5 rings (SSSR count). The second-order valence-electron chi connectivity index (χ2n) is 10.1. The van der Waals surface area contributed by atoms with Gasteiger partial charge in [0.25, 0.3) is 5.91 Å². The maximum atomic E-state index is 14.8. The van der Waals surface area contributed by atoms with Gasteiger partial charge in [-0.05, 0) is 44.4 Å². The van der Waals surface area contributed by atoms with Crippen LogP contribution in [0.15, 0.2) is 28.5 Å². The summed E-state index contributed by atoms with van der Waals surface area (Å²) in [4.78, 5) is 31.1. The highest BCUT2D eigenvalue weighted by atomic mass is 19.4. The molecule has 0 aromatic carbocycles. The Kier molecular flexibility index (Phi) is 5.63. The number of hydrogen-bond acceptors (Lipinski definition) is 5. The van der Waals surface area contributed by atoms with E-state index in [1.165, 1.54) is 6.34 Å². The van der Waals surface area contributed by atoms with E-state index < -0.39 is 29.2 Å². The van der Waals surface area contributed by atoms with Gasteiger partial charge in [-0.2, -0.15) is 13.2 Å². The van der Waals surface area contributed by atoms with E-state index in [1.807, 2.05) is 4.90 Å². The van der Waals surface area contributed by atoms with E-state index in [0.717, 1.165) is 0 Å². The predicted octanol–water partition coefficient (Wildman–Crippen LogP) is 2.17. The summed E-state index contributed by atoms with van der Waals surface area (Å²) >= 11 is 0. The third-order valence-electron chi connectivity index (χ3n) is 7.86. The summed E-state index contributed by atoms with van der Waals surface area (Å²) in [5, 5.41) is 8.54. The van der Waals surface area contributed by atoms with Gasteiger partial charge < -0.3 is 20.9 Å². The minimum Gasteiger partial charge on any atom is -0.375 e. The number of alkyl halides is 4. The summed E-state index contributed by atoms with van der Waals surface area (Å²) in [6, 6.07) is 0. The standard InChI is InChI=1S/C23H29F4N5O2/c24-22-5-1-2-16(17(22)18(22)23(25,26)27)32-8-3-14(4-9-32)10-30-20(34)21(6-7-21)31-19(33)15-11-28-13-29-12-15/h2,11,13-14,17-18H,1,3-10,12H2,(H,28,29)(H,30,34)(H,31,33). The van der Waals surface area contributed by atoms with E-state index in [1.54, 1.807) is 12.3 Å². The van der Waals surface area contributed by atoms with Gasteiger partial charge in [0.05, 0.1) is 18.5 Å². The number of likely N-dealkylation sites (tertiary alicyclic amines) is 1. The summed E-state index contributed by atoms with van der Waals surface area (Å²) in [6.45, 7) is 1.80. The molecule has 2 amide bonds. The van der Waals surface area contributed by atoms with Crippen molar-refractivity contribution in [3.63, 3.8) is 0 Å². The van der Waals surface area contributed by atoms with Gasteiger partial charge in [0.15, 0.2) is 0 Å². The number of nitrogens with zero attached hydrogens (tertiary/aromatic N) is 2. The van der Waals surface area contributed by atoms with E-state index in [4.69, 9.17) is 0 Å². The number of allylic oxidation sites excluding steroid dienone is 2. The largest absolute Gasteiger partial charge is 0.395 e. The first-order chi connectivity index (χ1) is 16.1. The smallest absolute Gasteiger partial charge is 0.375 e. The van der Waals surface area contributed by atoms with Gasteiger partial charge in [0.2, 0.25) is 5.91 Å². The van der Waals surface area contributed by atoms with Crippen LogP contribution in [0.3, 0.4) is 0 Å². The SMILES string of the molecule is O=C(NC1(C(=O)NCC2CCN(C3=CCCC4(F)C3C4C(F)(F)F)CC2)CC1)C1=CNC=NC1. The number of amides is 2. The zero-order chi connectivity index (χ0) is 24.1. The molecule has 1 saturated heterocycles. The number of carbonyl (C=O) groups excluding carboxylic acids is 2. The third-order valence-corrected chi connectivity index (χ3v) is 7.86. The van der Waals surface area contributed by atoms with Gasteiger partial charge in [-0.15, -0.1) is 0 Å². The molecule has 5 aliphatic rings. The van der Waals surface area contributed by atoms with Crippen molar-refractivity contribution < 1.29 is 27.2 Å². The van der Waals surface area contributed by atoms with Crippen molar-refractivity contribution in [3.8, 4) is 0 Å². The van der Waals surface area contributed by atoms with Crippen molar-refractivity contribution in [2.75, 3.05) is 26.2 Å². The number of carbonyl (C=O) groups is 2. The van der Waals surface area contributed by atoms with E-state index in [0.29, 0.717) is 63.0 Å². The Morgan fingerprint density at radius 3 is 2.56 bits per heavy atom. The highest BCUT2D eigenvalue weighted by molar-refractivity contribution is 6.00. The Hall–Kier alpha value is -2.59. The molecule has 0 radical (unpaired) electrons. The fourth-order valence-electron chi connectivity index (χ4n) is 5.64. The molecule has 3 unspecified atom stereocenters. The van der Waals surface area contributed by atoms with Gasteiger partial charge >= 0.3 is 6.18 Å². The number of nitrogens with one attached hydrogen (secondary N) is 3. The second-order valence-corrected chi connectivity index (χ2v) is 10.1. The van der Waals surface area contributed by atoms with Crippen molar-refractivity contribution >= 4 is 18.2 Å². The van der Waals surface area contributed by atoms with Crippen molar-refractivity contribution in [2.45, 2.75) is 55.9 Å². The molecular formula is C23H29F4N5O2. The minimum atomic E-state index is -4.52. The van der Waals surface area contributed by atoms with Crippen LogP contribution in [0.4, 0.5) is 17.6 Å². The Morgan fingerprint density at radius 1 is 1.21 bits per heavy atom. The van der Waals surface area contributed by atoms with Crippen LogP contribution in [-0.4, -0.2) is 66.6 Å². The van der Waals surface area contributed by atoms with Crippen molar-refractivity contribution in [1.29, 1.82) is 0 Å². The molecule has 7 nitrogen and oxygen atoms in total. The predicted molar refractivity (Wildman–Crippen MR) is 116 cm³/mol. The van der Waals surface area contributed by atoms with E-state index in [-0.39, 0.29) is 30.7 Å². The molecule has 0 aromatic rings. The van der Waals surface area contributed by atoms with Crippen LogP contribution < -0.4 is 16.0 Å². The van der Waals surface area contributed by atoms with E-state index in [2.05, 4.69) is 20.9 Å². The Labute approximate surface area is 195 Å². The highest BCUT2D eigenvalue weighted by Crippen LogP contribution is 2.68. The van der Waals surface area contributed by atoms with Crippen LogP contribution in [-0.2, 0) is 9.59 Å². The molecule has 2 aliphatic heterocycles. The molecule has 2 saturated carbocycles. The molecule has 3 N–H and O–H groups in total. The monoisotopic (exact) mass is 483 g/mol. The average Bonchev–Trinajstić information content (AvgIpc) is 3.72. The number of piperidine rings is 1. The number of hydrogen-bond donors (Lipinski definition) is 3. The van der Waals surface area contributed by atoms with E-state index in [9.17, 15) is 27.2 Å². The Morgan fingerprint density at radius 2 is 1.94 bits per heavy atom. The lowest BCUT2D eigenvalue weighted by Gasteiger charge is -2.37. The third kappa shape index (κ3) is 4.17. The van der Waals surface area contributed by atoms with Crippen LogP contribution in [0.2, 0.25) is 0 Å². The number of aliphatic imine (C=N–C) groups is 1. The molecule has 3 atom stereocenters. The summed E-state index contributed by atoms with van der Waals surface area (Å²) < 4.78 is 54.7. The number of fused-ring (bicyclic) bond motifs is 1. The lowest BCUT2D eigenvalue weighted by molar-refractivity contribution is -0.159. The lowest BCUT2D eigenvalue weighted by atomic mass is 9.94. The van der Waals surface area contributed by atoms with Gasteiger partial charge in [-0.3, -0.25) is 14.6 Å². The zero-order valence-electron chi connectivity index (χ0n) is 18.8. The maximum Gasteiger partial charge on any atom is 0.395 e. The first kappa shape index (κ1) is 23.2. The van der Waals surface area contributed by atoms with Gasteiger partial charge in [0.1, 0.15) is 17.1 Å². The molecule has 0 aromatic heterocycles. The summed E-state index contributed by atoms with van der Waals surface area (Å²) in [5.41, 5.74) is -2.05. The molecular weight excluding hydrogens is 454 g/mol. The van der Waals surface area contributed by atoms with Gasteiger partial charge in [-0.1, -0.05) is 6.08 Å². The molecule has 3 fully saturated rings. The zero-order valence-corrected chi connectivity index (χ0v) is 18.8. The van der Waals surface area contributed by atoms with Crippen LogP contribution in [0, 0.1) is 17.8 Å². The average molecular weight is 484 g/mol. The maximum absolute atomic E-state index is 14.8. The Bertz CT molecular complexity index is 949. The van der Waals surface area contributed by atoms with Crippen molar-refractivity contribution in [1.82, 2.24) is 20.9 Å². The first-order valence-corrected chi connectivity index (χ1v) is 11.9. The summed E-state index contributed by atoms with van der Waals surface area (Å²) in [7, 11) is 0. The molecule has 0 bridgehead atoms. The molecule has 186 valence electrons. The van der Waals surface area contributed by atoms with Crippen LogP contribution in [0.25, 0.3) is 0 Å². The minimum absolute atomic E-state index is 0.0624. The fraction of sp³-hybridized carbons (Fsp3) is 0.696. The lowest BCUT2D eigenvalue weighted by Crippen LogP contribution is -2.51. The highest BCUT2D eigenvalue weighted by Gasteiger charge is 2.78. The number of halogens is 4. The molecule has 34 heavy (non-hydrogen) atoms. The van der Waals surface area contributed by atoms with Gasteiger partial charge in [-0.25, -0.2) is 4.39 Å². The van der Waals surface area contributed by atoms with Crippen LogP contribution in [0.1, 0.15) is 38.5 Å². The number of rotatable bonds is 6. The topological polar surface area (TPSA) is 85.8 Å². The summed E-state index contributed by atoms with van der Waals surface area (Å²) in [6.07, 6.45) is 3.16. The van der Waals surface area contributed by atoms with Gasteiger partial charge in [0, 0.05) is 37.4 Å². The van der Waals surface area contributed by atoms with Crippen LogP contribution >= 0.6 is 0 Å². The second kappa shape index (κ2) is 8.27. The molecule has 0 spiro atoms. The fourth-order valence-corrected chi connectivity index (χ4v) is 5.64. The van der Waals surface area contributed by atoms with E-state index >= 15 is 0 Å². The van der Waals surface area contributed by atoms with Crippen LogP contribution in [0.5, 0.6) is 0 Å². The molecule has 11 heteroatoms. The van der Waals surface area contributed by atoms with Crippen molar-refractivity contribution in [2.24, 2.45) is 22.7 Å². The Balaban J connectivity index is 1.09. The van der Waals surface area contributed by atoms with Crippen molar-refractivity contribution in [3.05, 3.63) is 23.5 Å². The summed E-state index contributed by atoms with van der Waals surface area (Å²) in [5.74, 6) is -3.30.